The molecule has 0 aliphatic heterocycles. The highest BCUT2D eigenvalue weighted by Crippen LogP contribution is 2.29. The lowest BCUT2D eigenvalue weighted by Gasteiger charge is -2.13. The van der Waals surface area contributed by atoms with Gasteiger partial charge >= 0.3 is 0 Å². The molecule has 30 heavy (non-hydrogen) atoms. The lowest BCUT2D eigenvalue weighted by molar-refractivity contribution is 0.0995. The average molecular weight is 408 g/mol. The Bertz CT molecular complexity index is 999. The van der Waals surface area contributed by atoms with Crippen molar-refractivity contribution in [3.8, 4) is 11.5 Å². The molecule has 7 heteroatoms. The molecule has 7 nitrogen and oxygen atoms in total. The Morgan fingerprint density at radius 2 is 1.63 bits per heavy atom. The Kier molecular flexibility index (Phi) is 7.10. The third kappa shape index (κ3) is 5.41. The summed E-state index contributed by atoms with van der Waals surface area (Å²) in [6.07, 6.45) is 2.31. The molecule has 1 heterocycles. The molecule has 2 aromatic carbocycles. The number of carbonyl (C=O) groups excluding carboxylic acids is 2. The molecule has 0 saturated heterocycles. The minimum atomic E-state index is -0.368. The van der Waals surface area contributed by atoms with Crippen molar-refractivity contribution < 1.29 is 23.5 Å². The zero-order valence-electron chi connectivity index (χ0n) is 16.9. The van der Waals surface area contributed by atoms with Crippen LogP contribution in [0.5, 0.6) is 11.5 Å². The summed E-state index contributed by atoms with van der Waals surface area (Å²) in [4.78, 5) is 24.8. The van der Waals surface area contributed by atoms with Crippen LogP contribution in [0, 0.1) is 0 Å². The summed E-state index contributed by atoms with van der Waals surface area (Å²) >= 11 is 0. The van der Waals surface area contributed by atoms with Crippen LogP contribution in [0.4, 0.5) is 11.4 Å². The van der Waals surface area contributed by atoms with Gasteiger partial charge in [0, 0.05) is 16.9 Å². The van der Waals surface area contributed by atoms with E-state index in [2.05, 4.69) is 10.6 Å². The molecule has 3 aromatic rings. The van der Waals surface area contributed by atoms with Gasteiger partial charge in [-0.3, -0.25) is 9.59 Å². The predicted octanol–water partition coefficient (Wildman–Crippen LogP) is 4.97. The minimum Gasteiger partial charge on any atom is -0.490 e. The van der Waals surface area contributed by atoms with Crippen molar-refractivity contribution in [1.82, 2.24) is 0 Å². The van der Waals surface area contributed by atoms with Crippen molar-refractivity contribution in [2.75, 3.05) is 23.8 Å². The quantitative estimate of drug-likeness (QED) is 0.522. The first-order valence-corrected chi connectivity index (χ1v) is 9.76. The summed E-state index contributed by atoms with van der Waals surface area (Å²) in [6, 6.07) is 15.2. The molecule has 156 valence electrons. The molecule has 0 bridgehead atoms. The zero-order valence-corrected chi connectivity index (χ0v) is 16.9. The van der Waals surface area contributed by atoms with Crippen LogP contribution in [-0.4, -0.2) is 25.0 Å². The Labute approximate surface area is 175 Å². The van der Waals surface area contributed by atoms with E-state index in [9.17, 15) is 9.59 Å². The van der Waals surface area contributed by atoms with Crippen LogP contribution >= 0.6 is 0 Å². The van der Waals surface area contributed by atoms with E-state index < -0.39 is 0 Å². The van der Waals surface area contributed by atoms with Crippen LogP contribution in [-0.2, 0) is 0 Å². The smallest absolute Gasteiger partial charge is 0.291 e. The van der Waals surface area contributed by atoms with E-state index in [0.29, 0.717) is 41.7 Å². The highest BCUT2D eigenvalue weighted by molar-refractivity contribution is 6.06. The Balaban J connectivity index is 1.71. The average Bonchev–Trinajstić information content (AvgIpc) is 3.28. The molecule has 0 unspecified atom stereocenters. The standard InChI is InChI=1S/C23H24N2O5/c1-3-12-29-19-11-10-16(14-21(19)28-4-2)22(26)24-17-7-5-8-18(15-17)25-23(27)20-9-6-13-30-20/h5-11,13-15H,3-4,12H2,1-2H3,(H,24,26)(H,25,27). The summed E-state index contributed by atoms with van der Waals surface area (Å²) in [5.74, 6) is 0.675. The van der Waals surface area contributed by atoms with Gasteiger partial charge in [-0.1, -0.05) is 13.0 Å². The van der Waals surface area contributed by atoms with Gasteiger partial charge in [-0.25, -0.2) is 0 Å². The number of hydrogen-bond acceptors (Lipinski definition) is 5. The van der Waals surface area contributed by atoms with Crippen LogP contribution in [0.15, 0.2) is 65.3 Å². The summed E-state index contributed by atoms with van der Waals surface area (Å²) in [5.41, 5.74) is 1.52. The van der Waals surface area contributed by atoms with Crippen molar-refractivity contribution >= 4 is 23.2 Å². The third-order valence-corrected chi connectivity index (χ3v) is 4.09. The van der Waals surface area contributed by atoms with Crippen LogP contribution in [0.1, 0.15) is 41.2 Å². The molecule has 0 atom stereocenters. The van der Waals surface area contributed by atoms with Crippen molar-refractivity contribution in [3.05, 3.63) is 72.2 Å². The SMILES string of the molecule is CCCOc1ccc(C(=O)Nc2cccc(NC(=O)c3ccco3)c2)cc1OCC. The molecular formula is C23H24N2O5. The van der Waals surface area contributed by atoms with Gasteiger partial charge in [0.25, 0.3) is 11.8 Å². The molecule has 0 saturated carbocycles. The fourth-order valence-corrected chi connectivity index (χ4v) is 2.73. The molecule has 2 amide bonds. The largest absolute Gasteiger partial charge is 0.490 e. The van der Waals surface area contributed by atoms with E-state index in [0.717, 1.165) is 6.42 Å². The first-order chi connectivity index (χ1) is 14.6. The van der Waals surface area contributed by atoms with Gasteiger partial charge in [-0.2, -0.15) is 0 Å². The number of rotatable bonds is 9. The topological polar surface area (TPSA) is 89.8 Å². The lowest BCUT2D eigenvalue weighted by Crippen LogP contribution is -2.14. The van der Waals surface area contributed by atoms with Gasteiger partial charge in [0.1, 0.15) is 0 Å². The van der Waals surface area contributed by atoms with Crippen LogP contribution < -0.4 is 20.1 Å². The van der Waals surface area contributed by atoms with Crippen molar-refractivity contribution in [2.24, 2.45) is 0 Å². The highest BCUT2D eigenvalue weighted by Gasteiger charge is 2.13. The van der Waals surface area contributed by atoms with E-state index in [4.69, 9.17) is 13.9 Å². The summed E-state index contributed by atoms with van der Waals surface area (Å²) in [7, 11) is 0. The number of furan rings is 1. The Hall–Kier alpha value is -3.74. The highest BCUT2D eigenvalue weighted by atomic mass is 16.5. The van der Waals surface area contributed by atoms with E-state index in [1.165, 1.54) is 6.26 Å². The van der Waals surface area contributed by atoms with E-state index in [1.807, 2.05) is 13.8 Å². The molecule has 2 N–H and O–H groups in total. The number of benzene rings is 2. The second-order valence-electron chi connectivity index (χ2n) is 6.41. The molecule has 0 aliphatic rings. The normalized spacial score (nSPS) is 10.3. The van der Waals surface area contributed by atoms with Gasteiger partial charge in [-0.05, 0) is 61.9 Å². The number of nitrogens with one attached hydrogen (secondary N) is 2. The predicted molar refractivity (Wildman–Crippen MR) is 114 cm³/mol. The number of ether oxygens (including phenoxy) is 2. The second kappa shape index (κ2) is 10.2. The van der Waals surface area contributed by atoms with E-state index in [-0.39, 0.29) is 17.6 Å². The monoisotopic (exact) mass is 408 g/mol. The maximum absolute atomic E-state index is 12.7. The number of amides is 2. The number of hydrogen-bond donors (Lipinski definition) is 2. The van der Waals surface area contributed by atoms with Crippen LogP contribution in [0.3, 0.4) is 0 Å². The maximum Gasteiger partial charge on any atom is 0.291 e. The zero-order chi connectivity index (χ0) is 21.3. The van der Waals surface area contributed by atoms with Crippen LogP contribution in [0.2, 0.25) is 0 Å². The lowest BCUT2D eigenvalue weighted by atomic mass is 10.1. The summed E-state index contributed by atoms with van der Waals surface area (Å²) < 4.78 is 16.4. The van der Waals surface area contributed by atoms with Crippen molar-refractivity contribution in [3.63, 3.8) is 0 Å². The van der Waals surface area contributed by atoms with E-state index >= 15 is 0 Å². The van der Waals surface area contributed by atoms with Crippen LogP contribution in [0.25, 0.3) is 0 Å². The molecular weight excluding hydrogens is 384 g/mol. The first-order valence-electron chi connectivity index (χ1n) is 9.76. The molecule has 0 spiro atoms. The summed E-state index contributed by atoms with van der Waals surface area (Å²) in [6.45, 7) is 4.93. The fourth-order valence-electron chi connectivity index (χ4n) is 2.73. The van der Waals surface area contributed by atoms with E-state index in [1.54, 1.807) is 54.6 Å². The van der Waals surface area contributed by atoms with Crippen molar-refractivity contribution in [1.29, 1.82) is 0 Å². The van der Waals surface area contributed by atoms with Gasteiger partial charge in [0.15, 0.2) is 17.3 Å². The first kappa shape index (κ1) is 21.0. The molecule has 0 radical (unpaired) electrons. The second-order valence-corrected chi connectivity index (χ2v) is 6.41. The maximum atomic E-state index is 12.7. The number of carbonyl (C=O) groups is 2. The fraction of sp³-hybridized carbons (Fsp3) is 0.217. The molecule has 0 aliphatic carbocycles. The third-order valence-electron chi connectivity index (χ3n) is 4.09. The Morgan fingerprint density at radius 3 is 2.30 bits per heavy atom. The minimum absolute atomic E-state index is 0.207. The van der Waals surface area contributed by atoms with Gasteiger partial charge in [-0.15, -0.1) is 0 Å². The molecule has 1 aromatic heterocycles. The number of anilines is 2. The molecule has 3 rings (SSSR count). The summed E-state index contributed by atoms with van der Waals surface area (Å²) in [5, 5.41) is 5.56. The molecule has 0 fully saturated rings. The Morgan fingerprint density at radius 1 is 0.867 bits per heavy atom. The van der Waals surface area contributed by atoms with Crippen molar-refractivity contribution in [2.45, 2.75) is 20.3 Å². The van der Waals surface area contributed by atoms with Gasteiger partial charge < -0.3 is 24.5 Å². The van der Waals surface area contributed by atoms with Gasteiger partial charge in [0.2, 0.25) is 0 Å². The van der Waals surface area contributed by atoms with Gasteiger partial charge in [0.05, 0.1) is 19.5 Å².